The van der Waals surface area contributed by atoms with Crippen LogP contribution in [-0.4, -0.2) is 37.8 Å². The van der Waals surface area contributed by atoms with Crippen LogP contribution in [0.4, 0.5) is 19.0 Å². The minimum absolute atomic E-state index is 0.156. The number of nitrogens with one attached hydrogen (secondary N) is 1. The molecule has 0 spiro atoms. The lowest BCUT2D eigenvalue weighted by atomic mass is 10.3. The lowest BCUT2D eigenvalue weighted by Crippen LogP contribution is -2.31. The molecule has 0 aliphatic carbocycles. The highest BCUT2D eigenvalue weighted by molar-refractivity contribution is 7.91. The maximum absolute atomic E-state index is 12.4. The van der Waals surface area contributed by atoms with Gasteiger partial charge in [0, 0.05) is 26.3 Å². The van der Waals surface area contributed by atoms with Gasteiger partial charge in [0.1, 0.15) is 10.0 Å². The van der Waals surface area contributed by atoms with Crippen LogP contribution in [0.5, 0.6) is 0 Å². The van der Waals surface area contributed by atoms with Gasteiger partial charge in [0.2, 0.25) is 0 Å². The minimum Gasteiger partial charge on any atom is -0.369 e. The predicted molar refractivity (Wildman–Crippen MR) is 81.9 cm³/mol. The largest absolute Gasteiger partial charge is 0.417 e. The van der Waals surface area contributed by atoms with E-state index in [1.54, 1.807) is 11.4 Å². The first-order valence-electron chi connectivity index (χ1n) is 6.48. The van der Waals surface area contributed by atoms with E-state index in [4.69, 9.17) is 0 Å². The van der Waals surface area contributed by atoms with Gasteiger partial charge in [0.25, 0.3) is 10.0 Å². The topological polar surface area (TPSA) is 62.3 Å². The van der Waals surface area contributed by atoms with Gasteiger partial charge >= 0.3 is 6.18 Å². The summed E-state index contributed by atoms with van der Waals surface area (Å²) in [6, 6.07) is 5.29. The van der Waals surface area contributed by atoms with Gasteiger partial charge in [-0.25, -0.2) is 13.4 Å². The Labute approximate surface area is 135 Å². The molecule has 0 aliphatic heterocycles. The van der Waals surface area contributed by atoms with Crippen molar-refractivity contribution in [2.75, 3.05) is 25.5 Å². The van der Waals surface area contributed by atoms with Crippen molar-refractivity contribution in [2.24, 2.45) is 0 Å². The fourth-order valence-electron chi connectivity index (χ4n) is 1.69. The normalized spacial score (nSPS) is 12.6. The number of aromatic nitrogens is 1. The zero-order valence-electron chi connectivity index (χ0n) is 12.0. The summed E-state index contributed by atoms with van der Waals surface area (Å²) in [6.07, 6.45) is -3.70. The number of nitrogens with zero attached hydrogens (tertiary/aromatic N) is 2. The maximum Gasteiger partial charge on any atom is 0.417 e. The lowest BCUT2D eigenvalue weighted by Gasteiger charge is -2.16. The molecule has 0 atom stereocenters. The van der Waals surface area contributed by atoms with Gasteiger partial charge in [0.15, 0.2) is 0 Å². The number of thiophene rings is 1. The van der Waals surface area contributed by atoms with E-state index in [-0.39, 0.29) is 23.1 Å². The third-order valence-corrected chi connectivity index (χ3v) is 6.21. The van der Waals surface area contributed by atoms with Crippen molar-refractivity contribution >= 4 is 27.2 Å². The Balaban J connectivity index is 1.90. The number of sulfonamides is 1. The Morgan fingerprint density at radius 3 is 2.57 bits per heavy atom. The molecule has 0 unspecified atom stereocenters. The summed E-state index contributed by atoms with van der Waals surface area (Å²) in [4.78, 5) is 3.66. The van der Waals surface area contributed by atoms with Crippen LogP contribution in [0.1, 0.15) is 5.56 Å². The van der Waals surface area contributed by atoms with Crippen LogP contribution in [-0.2, 0) is 16.2 Å². The Morgan fingerprint density at radius 1 is 1.30 bits per heavy atom. The summed E-state index contributed by atoms with van der Waals surface area (Å²) in [5.74, 6) is 0.250. The molecule has 10 heteroatoms. The van der Waals surface area contributed by atoms with E-state index in [0.717, 1.165) is 23.6 Å². The van der Waals surface area contributed by atoms with E-state index < -0.39 is 21.8 Å². The Morgan fingerprint density at radius 2 is 2.04 bits per heavy atom. The van der Waals surface area contributed by atoms with Gasteiger partial charge in [-0.1, -0.05) is 6.07 Å². The first kappa shape index (κ1) is 17.7. The minimum atomic E-state index is -4.43. The van der Waals surface area contributed by atoms with Crippen molar-refractivity contribution in [1.29, 1.82) is 0 Å². The molecule has 23 heavy (non-hydrogen) atoms. The van der Waals surface area contributed by atoms with E-state index >= 15 is 0 Å². The molecule has 5 nitrogen and oxygen atoms in total. The lowest BCUT2D eigenvalue weighted by molar-refractivity contribution is -0.137. The Kier molecular flexibility index (Phi) is 5.27. The van der Waals surface area contributed by atoms with E-state index in [0.29, 0.717) is 0 Å². The first-order valence-corrected chi connectivity index (χ1v) is 8.80. The molecule has 0 saturated carbocycles. The molecule has 0 aliphatic rings. The van der Waals surface area contributed by atoms with Gasteiger partial charge in [-0.15, -0.1) is 11.3 Å². The second-order valence-electron chi connectivity index (χ2n) is 4.62. The average Bonchev–Trinajstić information content (AvgIpc) is 3.01. The molecule has 0 fully saturated rings. The van der Waals surface area contributed by atoms with Crippen LogP contribution in [0.3, 0.4) is 0 Å². The van der Waals surface area contributed by atoms with Crippen molar-refractivity contribution in [3.8, 4) is 0 Å². The zero-order chi connectivity index (χ0) is 17.1. The first-order chi connectivity index (χ1) is 10.7. The van der Waals surface area contributed by atoms with Gasteiger partial charge in [0.05, 0.1) is 5.56 Å². The summed E-state index contributed by atoms with van der Waals surface area (Å²) in [7, 11) is -2.09. The summed E-state index contributed by atoms with van der Waals surface area (Å²) in [6.45, 7) is 0.377. The molecule has 0 saturated heterocycles. The molecular weight excluding hydrogens is 351 g/mol. The van der Waals surface area contributed by atoms with Crippen LogP contribution in [0.15, 0.2) is 40.1 Å². The molecule has 0 radical (unpaired) electrons. The zero-order valence-corrected chi connectivity index (χ0v) is 13.7. The van der Waals surface area contributed by atoms with E-state index in [2.05, 4.69) is 10.3 Å². The van der Waals surface area contributed by atoms with Crippen LogP contribution in [0.25, 0.3) is 0 Å². The fraction of sp³-hybridized carbons (Fsp3) is 0.308. The SMILES string of the molecule is CN(CCNc1ccc(C(F)(F)F)cn1)S(=O)(=O)c1cccs1. The highest BCUT2D eigenvalue weighted by atomic mass is 32.2. The fourth-order valence-corrected chi connectivity index (χ4v) is 4.06. The third kappa shape index (κ3) is 4.43. The highest BCUT2D eigenvalue weighted by Gasteiger charge is 2.30. The van der Waals surface area contributed by atoms with Crippen molar-refractivity contribution in [2.45, 2.75) is 10.4 Å². The summed E-state index contributed by atoms with van der Waals surface area (Å²) in [5.41, 5.74) is -0.833. The smallest absolute Gasteiger partial charge is 0.369 e. The highest BCUT2D eigenvalue weighted by Crippen LogP contribution is 2.28. The number of hydrogen-bond acceptors (Lipinski definition) is 5. The summed E-state index contributed by atoms with van der Waals surface area (Å²) >= 11 is 1.12. The molecule has 2 aromatic heterocycles. The molecule has 1 N–H and O–H groups in total. The number of rotatable bonds is 6. The van der Waals surface area contributed by atoms with Crippen LogP contribution in [0, 0.1) is 0 Å². The molecule has 2 aromatic rings. The van der Waals surface area contributed by atoms with E-state index in [1.807, 2.05) is 0 Å². The molecule has 126 valence electrons. The van der Waals surface area contributed by atoms with Gasteiger partial charge in [-0.2, -0.15) is 17.5 Å². The predicted octanol–water partition coefficient (Wildman–Crippen LogP) is 2.89. The molecular formula is C13H14F3N3O2S2. The van der Waals surface area contributed by atoms with Gasteiger partial charge in [-0.05, 0) is 23.6 Å². The maximum atomic E-state index is 12.4. The third-order valence-electron chi connectivity index (χ3n) is 2.98. The standard InChI is InChI=1S/C13H14F3N3O2S2/c1-19(23(20,21)12-3-2-8-22-12)7-6-17-11-5-4-10(9-18-11)13(14,15)16/h2-5,8-9H,6-7H2,1H3,(H,17,18). The van der Waals surface area contributed by atoms with Gasteiger partial charge in [-0.3, -0.25) is 0 Å². The molecule has 0 bridgehead atoms. The van der Waals surface area contributed by atoms with Crippen molar-refractivity contribution in [3.05, 3.63) is 41.4 Å². The molecule has 0 aromatic carbocycles. The van der Waals surface area contributed by atoms with Crippen molar-refractivity contribution < 1.29 is 21.6 Å². The number of alkyl halides is 3. The average molecular weight is 365 g/mol. The van der Waals surface area contributed by atoms with Gasteiger partial charge < -0.3 is 5.32 Å². The van der Waals surface area contributed by atoms with Crippen molar-refractivity contribution in [1.82, 2.24) is 9.29 Å². The number of halogens is 3. The second-order valence-corrected chi connectivity index (χ2v) is 7.83. The summed E-state index contributed by atoms with van der Waals surface area (Å²) < 4.78 is 63.0. The number of hydrogen-bond donors (Lipinski definition) is 1. The second kappa shape index (κ2) is 6.85. The van der Waals surface area contributed by atoms with Crippen LogP contribution < -0.4 is 5.32 Å². The quantitative estimate of drug-likeness (QED) is 0.855. The number of likely N-dealkylation sites (N-methyl/N-ethyl adjacent to an activating group) is 1. The molecule has 0 amide bonds. The number of anilines is 1. The van der Waals surface area contributed by atoms with Crippen LogP contribution >= 0.6 is 11.3 Å². The van der Waals surface area contributed by atoms with Crippen LogP contribution in [0.2, 0.25) is 0 Å². The monoisotopic (exact) mass is 365 g/mol. The molecule has 2 rings (SSSR count). The Hall–Kier alpha value is -1.65. The van der Waals surface area contributed by atoms with E-state index in [1.165, 1.54) is 23.5 Å². The number of pyridine rings is 1. The van der Waals surface area contributed by atoms with Crippen molar-refractivity contribution in [3.63, 3.8) is 0 Å². The Bertz CT molecular complexity index is 729. The summed E-state index contributed by atoms with van der Waals surface area (Å²) in [5, 5.41) is 4.46. The molecule has 2 heterocycles. The van der Waals surface area contributed by atoms with E-state index in [9.17, 15) is 21.6 Å².